The molecule has 0 radical (unpaired) electrons. The Morgan fingerprint density at radius 2 is 1.57 bits per heavy atom. The van der Waals surface area contributed by atoms with Gasteiger partial charge in [-0.3, -0.25) is 9.59 Å². The quantitative estimate of drug-likeness (QED) is 0.516. The highest BCUT2D eigenvalue weighted by Crippen LogP contribution is 2.44. The Hall–Kier alpha value is -3.35. The molecule has 0 bridgehead atoms. The molecule has 2 aromatic carbocycles. The van der Waals surface area contributed by atoms with Gasteiger partial charge in [0.25, 0.3) is 0 Å². The molecule has 0 heterocycles. The minimum Gasteiger partial charge on any atom is -0.481 e. The molecular weight excluding hydrogens is 444 g/mol. The molecule has 7 heteroatoms. The van der Waals surface area contributed by atoms with Gasteiger partial charge in [0.05, 0.1) is 11.8 Å². The number of aliphatic carboxylic acids is 1. The third-order valence-corrected chi connectivity index (χ3v) is 7.41. The van der Waals surface area contributed by atoms with Crippen molar-refractivity contribution in [3.8, 4) is 11.1 Å². The molecule has 0 aliphatic heterocycles. The zero-order chi connectivity index (χ0) is 25.1. The molecule has 3 N–H and O–H groups in total. The predicted octanol–water partition coefficient (Wildman–Crippen LogP) is 4.56. The molecule has 2 aliphatic carbocycles. The van der Waals surface area contributed by atoms with E-state index in [9.17, 15) is 19.5 Å². The molecule has 4 rings (SSSR count). The van der Waals surface area contributed by atoms with E-state index in [1.165, 1.54) is 0 Å². The summed E-state index contributed by atoms with van der Waals surface area (Å²) in [5.41, 5.74) is 4.60. The third-order valence-electron chi connectivity index (χ3n) is 7.41. The Labute approximate surface area is 206 Å². The molecule has 1 saturated carbocycles. The van der Waals surface area contributed by atoms with E-state index in [-0.39, 0.29) is 30.4 Å². The molecule has 35 heavy (non-hydrogen) atoms. The van der Waals surface area contributed by atoms with Crippen LogP contribution in [0.1, 0.15) is 57.1 Å². The van der Waals surface area contributed by atoms with Crippen LogP contribution < -0.4 is 10.6 Å². The Kier molecular flexibility index (Phi) is 7.43. The van der Waals surface area contributed by atoms with Crippen LogP contribution in [0.5, 0.6) is 0 Å². The highest BCUT2D eigenvalue weighted by atomic mass is 16.5. The average Bonchev–Trinajstić information content (AvgIpc) is 3.40. The summed E-state index contributed by atoms with van der Waals surface area (Å²) in [4.78, 5) is 37.3. The van der Waals surface area contributed by atoms with E-state index in [1.54, 1.807) is 6.92 Å². The number of carboxylic acids is 1. The SMILES string of the molecule is CC(C)C(C(=O)NC1CCCC1C(=O)O)C(C)NC(=O)OCC1c2ccccc2-c2ccccc21. The van der Waals surface area contributed by atoms with E-state index in [0.717, 1.165) is 28.7 Å². The Morgan fingerprint density at radius 1 is 0.971 bits per heavy atom. The maximum atomic E-state index is 13.1. The van der Waals surface area contributed by atoms with Crippen LogP contribution in [0.25, 0.3) is 11.1 Å². The summed E-state index contributed by atoms with van der Waals surface area (Å²) < 4.78 is 5.64. The van der Waals surface area contributed by atoms with Crippen LogP contribution in [-0.2, 0) is 14.3 Å². The summed E-state index contributed by atoms with van der Waals surface area (Å²) in [7, 11) is 0. The first kappa shape index (κ1) is 24.8. The fraction of sp³-hybridized carbons (Fsp3) is 0.464. The number of alkyl carbamates (subject to hydrolysis) is 1. The van der Waals surface area contributed by atoms with Crippen molar-refractivity contribution in [1.82, 2.24) is 10.6 Å². The molecule has 186 valence electrons. The number of benzene rings is 2. The first-order valence-electron chi connectivity index (χ1n) is 12.4. The lowest BCUT2D eigenvalue weighted by Crippen LogP contribution is -2.51. The molecular formula is C28H34N2O5. The van der Waals surface area contributed by atoms with Gasteiger partial charge in [-0.2, -0.15) is 0 Å². The van der Waals surface area contributed by atoms with E-state index in [1.807, 2.05) is 38.1 Å². The van der Waals surface area contributed by atoms with Crippen LogP contribution in [0.2, 0.25) is 0 Å². The summed E-state index contributed by atoms with van der Waals surface area (Å²) in [6.07, 6.45) is 1.44. The Bertz CT molecular complexity index is 1050. The third kappa shape index (κ3) is 5.19. The second-order valence-electron chi connectivity index (χ2n) is 10.0. The number of hydrogen-bond donors (Lipinski definition) is 3. The van der Waals surface area contributed by atoms with E-state index in [0.29, 0.717) is 12.8 Å². The summed E-state index contributed by atoms with van der Waals surface area (Å²) in [5, 5.41) is 15.2. The Balaban J connectivity index is 1.37. The molecule has 7 nitrogen and oxygen atoms in total. The molecule has 0 saturated heterocycles. The fourth-order valence-corrected chi connectivity index (χ4v) is 5.73. The van der Waals surface area contributed by atoms with Gasteiger partial charge in [-0.1, -0.05) is 68.8 Å². The second kappa shape index (κ2) is 10.5. The van der Waals surface area contributed by atoms with Crippen molar-refractivity contribution in [2.24, 2.45) is 17.8 Å². The number of carbonyl (C=O) groups excluding carboxylic acids is 2. The number of carboxylic acid groups (broad SMARTS) is 1. The maximum absolute atomic E-state index is 13.1. The lowest BCUT2D eigenvalue weighted by atomic mass is 9.88. The van der Waals surface area contributed by atoms with E-state index < -0.39 is 29.9 Å². The van der Waals surface area contributed by atoms with Crippen molar-refractivity contribution in [2.45, 2.75) is 58.0 Å². The smallest absolute Gasteiger partial charge is 0.407 e. The minimum atomic E-state index is -0.876. The first-order valence-corrected chi connectivity index (χ1v) is 12.4. The van der Waals surface area contributed by atoms with Crippen LogP contribution >= 0.6 is 0 Å². The highest BCUT2D eigenvalue weighted by molar-refractivity contribution is 5.82. The van der Waals surface area contributed by atoms with Gasteiger partial charge in [0.15, 0.2) is 0 Å². The number of amides is 2. The number of fused-ring (bicyclic) bond motifs is 3. The van der Waals surface area contributed by atoms with Crippen LogP contribution in [0.3, 0.4) is 0 Å². The van der Waals surface area contributed by atoms with Gasteiger partial charge in [0.1, 0.15) is 6.61 Å². The molecule has 4 atom stereocenters. The van der Waals surface area contributed by atoms with Crippen LogP contribution in [0, 0.1) is 17.8 Å². The van der Waals surface area contributed by atoms with Gasteiger partial charge in [0, 0.05) is 18.0 Å². The summed E-state index contributed by atoms with van der Waals surface area (Å²) in [6.45, 7) is 5.83. The lowest BCUT2D eigenvalue weighted by Gasteiger charge is -2.29. The molecule has 0 aromatic heterocycles. The number of rotatable bonds is 8. The zero-order valence-corrected chi connectivity index (χ0v) is 20.5. The molecule has 4 unspecified atom stereocenters. The zero-order valence-electron chi connectivity index (χ0n) is 20.5. The molecule has 1 fully saturated rings. The van der Waals surface area contributed by atoms with Gasteiger partial charge in [-0.25, -0.2) is 4.79 Å². The fourth-order valence-electron chi connectivity index (χ4n) is 5.73. The van der Waals surface area contributed by atoms with Crippen LogP contribution in [-0.4, -0.2) is 41.8 Å². The number of carbonyl (C=O) groups is 3. The predicted molar refractivity (Wildman–Crippen MR) is 133 cm³/mol. The maximum Gasteiger partial charge on any atom is 0.407 e. The molecule has 2 amide bonds. The highest BCUT2D eigenvalue weighted by Gasteiger charge is 2.37. The van der Waals surface area contributed by atoms with Gasteiger partial charge < -0.3 is 20.5 Å². The van der Waals surface area contributed by atoms with Crippen molar-refractivity contribution in [3.63, 3.8) is 0 Å². The number of ether oxygens (including phenoxy) is 1. The molecule has 0 spiro atoms. The number of nitrogens with one attached hydrogen (secondary N) is 2. The van der Waals surface area contributed by atoms with E-state index in [4.69, 9.17) is 4.74 Å². The van der Waals surface area contributed by atoms with E-state index in [2.05, 4.69) is 34.9 Å². The second-order valence-corrected chi connectivity index (χ2v) is 10.0. The van der Waals surface area contributed by atoms with E-state index >= 15 is 0 Å². The Morgan fingerprint density at radius 3 is 2.14 bits per heavy atom. The van der Waals surface area contributed by atoms with Crippen molar-refractivity contribution in [2.75, 3.05) is 6.61 Å². The topological polar surface area (TPSA) is 105 Å². The average molecular weight is 479 g/mol. The number of hydrogen-bond acceptors (Lipinski definition) is 4. The van der Waals surface area contributed by atoms with Crippen LogP contribution in [0.4, 0.5) is 4.79 Å². The van der Waals surface area contributed by atoms with Crippen molar-refractivity contribution >= 4 is 18.0 Å². The minimum absolute atomic E-state index is 0.0389. The summed E-state index contributed by atoms with van der Waals surface area (Å²) in [6, 6.07) is 15.5. The first-order chi connectivity index (χ1) is 16.8. The van der Waals surface area contributed by atoms with Crippen molar-refractivity contribution < 1.29 is 24.2 Å². The van der Waals surface area contributed by atoms with Gasteiger partial charge in [0.2, 0.25) is 5.91 Å². The standard InChI is InChI=1S/C28H34N2O5/c1-16(2)25(26(31)30-24-14-8-13-22(24)27(32)33)17(3)29-28(34)35-15-23-20-11-6-4-9-18(20)19-10-5-7-12-21(19)23/h4-7,9-12,16-17,22-25H,8,13-15H2,1-3H3,(H,29,34)(H,30,31)(H,32,33). The van der Waals surface area contributed by atoms with Crippen molar-refractivity contribution in [3.05, 3.63) is 59.7 Å². The van der Waals surface area contributed by atoms with Crippen molar-refractivity contribution in [1.29, 1.82) is 0 Å². The normalized spacial score (nSPS) is 20.6. The van der Waals surface area contributed by atoms with Gasteiger partial charge >= 0.3 is 12.1 Å². The summed E-state index contributed by atoms with van der Waals surface area (Å²) >= 11 is 0. The largest absolute Gasteiger partial charge is 0.481 e. The van der Waals surface area contributed by atoms with Gasteiger partial charge in [-0.05, 0) is 47.9 Å². The molecule has 2 aromatic rings. The van der Waals surface area contributed by atoms with Gasteiger partial charge in [-0.15, -0.1) is 0 Å². The monoisotopic (exact) mass is 478 g/mol. The van der Waals surface area contributed by atoms with Crippen LogP contribution in [0.15, 0.2) is 48.5 Å². The summed E-state index contributed by atoms with van der Waals surface area (Å²) in [5.74, 6) is -2.27. The lowest BCUT2D eigenvalue weighted by molar-refractivity contribution is -0.142. The molecule has 2 aliphatic rings.